The minimum Gasteiger partial charge on any atom is -0.484 e. The molecular weight excluding hydrogens is 466 g/mol. The van der Waals surface area contributed by atoms with E-state index in [2.05, 4.69) is 10.0 Å². The molecule has 10 heteroatoms. The molecule has 5 rings (SSSR count). The Hall–Kier alpha value is -1.87. The molecule has 2 aromatic rings. The van der Waals surface area contributed by atoms with Gasteiger partial charge >= 0.3 is 0 Å². The summed E-state index contributed by atoms with van der Waals surface area (Å²) in [7, 11) is -3.52. The zero-order valence-corrected chi connectivity index (χ0v) is 18.7. The number of hydrogen-bond acceptors (Lipinski definition) is 4. The number of nitrogens with one attached hydrogen (secondary N) is 2. The van der Waals surface area contributed by atoms with Gasteiger partial charge in [0.05, 0.1) is 10.8 Å². The van der Waals surface area contributed by atoms with E-state index >= 15 is 0 Å². The van der Waals surface area contributed by atoms with Crippen LogP contribution in [0.1, 0.15) is 24.8 Å². The number of benzene rings is 2. The Labute approximate surface area is 190 Å². The minimum absolute atomic E-state index is 0.0216. The van der Waals surface area contributed by atoms with Gasteiger partial charge in [0.15, 0.2) is 6.61 Å². The van der Waals surface area contributed by atoms with Gasteiger partial charge in [0.2, 0.25) is 10.0 Å². The van der Waals surface area contributed by atoms with E-state index in [1.54, 1.807) is 24.3 Å². The third-order valence-corrected chi connectivity index (χ3v) is 7.69. The lowest BCUT2D eigenvalue weighted by atomic mass is 9.77. The second-order valence-corrected chi connectivity index (χ2v) is 10.8. The van der Waals surface area contributed by atoms with Gasteiger partial charge in [-0.3, -0.25) is 4.79 Å². The number of halogens is 3. The smallest absolute Gasteiger partial charge is 0.258 e. The predicted molar refractivity (Wildman–Crippen MR) is 116 cm³/mol. The Bertz CT molecular complexity index is 1090. The van der Waals surface area contributed by atoms with Crippen LogP contribution in [0.25, 0.3) is 0 Å². The maximum Gasteiger partial charge on any atom is 0.258 e. The van der Waals surface area contributed by atoms with E-state index < -0.39 is 21.4 Å². The Morgan fingerprint density at radius 1 is 1.13 bits per heavy atom. The predicted octanol–water partition coefficient (Wildman–Crippen LogP) is 3.67. The number of fused-ring (bicyclic) bond motifs is 1. The summed E-state index contributed by atoms with van der Waals surface area (Å²) < 4.78 is 46.7. The second-order valence-electron chi connectivity index (χ2n) is 8.18. The minimum atomic E-state index is -3.52. The van der Waals surface area contributed by atoms with E-state index in [1.807, 2.05) is 0 Å². The van der Waals surface area contributed by atoms with Gasteiger partial charge in [0.1, 0.15) is 11.6 Å². The standard InChI is InChI=1S/C21H21Cl2FN2O4S/c22-15-3-1-13(2-4-15)12-31(28,29)26-19-10-21(8-14(19)9-21)25-20(27)11-30-16-5-6-17(23)18(24)7-16/h1-7,14,19,26H,8-12H2,(H,25,27)/t14?,19-,21?/m0/s1. The van der Waals surface area contributed by atoms with Crippen LogP contribution in [0.4, 0.5) is 4.39 Å². The summed E-state index contributed by atoms with van der Waals surface area (Å²) in [5.41, 5.74) is 0.227. The molecule has 1 atom stereocenters. The van der Waals surface area contributed by atoms with Crippen LogP contribution in [-0.4, -0.2) is 32.5 Å². The fourth-order valence-corrected chi connectivity index (χ4v) is 6.09. The monoisotopic (exact) mass is 486 g/mol. The highest BCUT2D eigenvalue weighted by atomic mass is 35.5. The van der Waals surface area contributed by atoms with Gasteiger partial charge in [0.25, 0.3) is 5.91 Å². The summed E-state index contributed by atoms with van der Waals surface area (Å²) in [4.78, 5) is 12.3. The van der Waals surface area contributed by atoms with Crippen molar-refractivity contribution in [2.45, 2.75) is 36.6 Å². The van der Waals surface area contributed by atoms with Crippen molar-refractivity contribution >= 4 is 39.1 Å². The summed E-state index contributed by atoms with van der Waals surface area (Å²) in [5, 5.41) is 3.48. The van der Waals surface area contributed by atoms with E-state index in [9.17, 15) is 17.6 Å². The average Bonchev–Trinajstić information content (AvgIpc) is 3.17. The van der Waals surface area contributed by atoms with E-state index in [-0.39, 0.29) is 41.0 Å². The number of ether oxygens (including phenoxy) is 1. The first-order chi connectivity index (χ1) is 14.6. The maximum absolute atomic E-state index is 13.5. The molecule has 2 aromatic carbocycles. The Morgan fingerprint density at radius 2 is 1.84 bits per heavy atom. The second kappa shape index (κ2) is 8.58. The zero-order chi connectivity index (χ0) is 22.2. The molecule has 0 saturated heterocycles. The molecule has 6 nitrogen and oxygen atoms in total. The molecule has 0 spiro atoms. The van der Waals surface area contributed by atoms with E-state index in [1.165, 1.54) is 12.1 Å². The largest absolute Gasteiger partial charge is 0.484 e. The van der Waals surface area contributed by atoms with Crippen molar-refractivity contribution in [3.05, 3.63) is 63.9 Å². The molecule has 3 aliphatic rings. The molecule has 3 aliphatic carbocycles. The molecule has 0 aromatic heterocycles. The van der Waals surface area contributed by atoms with E-state index in [0.717, 1.165) is 6.07 Å². The van der Waals surface area contributed by atoms with E-state index in [0.29, 0.717) is 29.8 Å². The molecule has 0 radical (unpaired) electrons. The highest BCUT2D eigenvalue weighted by Gasteiger charge is 2.57. The zero-order valence-electron chi connectivity index (χ0n) is 16.4. The van der Waals surface area contributed by atoms with Crippen LogP contribution in [0.5, 0.6) is 5.75 Å². The Kier molecular flexibility index (Phi) is 6.18. The third kappa shape index (κ3) is 5.31. The van der Waals surface area contributed by atoms with Gasteiger partial charge in [-0.15, -0.1) is 0 Å². The van der Waals surface area contributed by atoms with Gasteiger partial charge in [-0.05, 0) is 55.0 Å². The number of amides is 1. The van der Waals surface area contributed by atoms with Crippen LogP contribution in [0.15, 0.2) is 42.5 Å². The molecule has 1 amide bonds. The van der Waals surface area contributed by atoms with E-state index in [4.69, 9.17) is 27.9 Å². The van der Waals surface area contributed by atoms with Crippen molar-refractivity contribution in [3.63, 3.8) is 0 Å². The number of rotatable bonds is 8. The van der Waals surface area contributed by atoms with Crippen LogP contribution in [0.3, 0.4) is 0 Å². The van der Waals surface area contributed by atoms with Gasteiger partial charge in [0, 0.05) is 22.7 Å². The summed E-state index contributed by atoms with van der Waals surface area (Å²) in [6.45, 7) is -0.263. The van der Waals surface area contributed by atoms with Gasteiger partial charge < -0.3 is 10.1 Å². The van der Waals surface area contributed by atoms with Crippen molar-refractivity contribution in [3.8, 4) is 5.75 Å². The van der Waals surface area contributed by atoms with Crippen molar-refractivity contribution in [1.82, 2.24) is 10.0 Å². The number of carbonyl (C=O) groups is 1. The fraction of sp³-hybridized carbons (Fsp3) is 0.381. The van der Waals surface area contributed by atoms with Gasteiger partial charge in [-0.2, -0.15) is 0 Å². The summed E-state index contributed by atoms with van der Waals surface area (Å²) >= 11 is 11.5. The lowest BCUT2D eigenvalue weighted by Crippen LogP contribution is -2.53. The molecule has 2 N–H and O–H groups in total. The Morgan fingerprint density at radius 3 is 2.52 bits per heavy atom. The molecule has 166 valence electrons. The fourth-order valence-electron chi connectivity index (χ4n) is 4.39. The van der Waals surface area contributed by atoms with Crippen molar-refractivity contribution in [2.75, 3.05) is 6.61 Å². The molecular formula is C21H21Cl2FN2O4S. The molecule has 2 bridgehead atoms. The first kappa shape index (κ1) is 22.3. The number of hydrogen-bond donors (Lipinski definition) is 2. The highest BCUT2D eigenvalue weighted by Crippen LogP contribution is 2.52. The SMILES string of the molecule is O=C(COc1ccc(Cl)c(F)c1)NC12CC(C1)[C@@H](NS(=O)(=O)Cc1ccc(Cl)cc1)C2. The number of carbonyl (C=O) groups excluding carboxylic acids is 1. The topological polar surface area (TPSA) is 84.5 Å². The molecule has 3 saturated carbocycles. The Balaban J connectivity index is 1.28. The van der Waals surface area contributed by atoms with Crippen molar-refractivity contribution in [2.24, 2.45) is 5.92 Å². The average molecular weight is 487 g/mol. The molecule has 3 fully saturated rings. The quantitative estimate of drug-likeness (QED) is 0.595. The van der Waals surface area contributed by atoms with Crippen LogP contribution < -0.4 is 14.8 Å². The highest BCUT2D eigenvalue weighted by molar-refractivity contribution is 7.88. The van der Waals surface area contributed by atoms with Crippen molar-refractivity contribution in [1.29, 1.82) is 0 Å². The van der Waals surface area contributed by atoms with Crippen molar-refractivity contribution < 1.29 is 22.3 Å². The van der Waals surface area contributed by atoms with Gasteiger partial charge in [-0.25, -0.2) is 17.5 Å². The first-order valence-electron chi connectivity index (χ1n) is 9.76. The van der Waals surface area contributed by atoms with Crippen LogP contribution in [0, 0.1) is 11.7 Å². The maximum atomic E-state index is 13.5. The molecule has 0 unspecified atom stereocenters. The number of sulfonamides is 1. The lowest BCUT2D eigenvalue weighted by Gasteiger charge is -2.39. The summed E-state index contributed by atoms with van der Waals surface area (Å²) in [6, 6.07) is 10.4. The summed E-state index contributed by atoms with van der Waals surface area (Å²) in [5.74, 6) is -0.687. The molecule has 0 heterocycles. The molecule has 31 heavy (non-hydrogen) atoms. The van der Waals surface area contributed by atoms with Gasteiger partial charge in [-0.1, -0.05) is 35.3 Å². The first-order valence-corrected chi connectivity index (χ1v) is 12.2. The molecule has 0 aliphatic heterocycles. The van der Waals surface area contributed by atoms with Crippen LogP contribution >= 0.6 is 23.2 Å². The third-order valence-electron chi connectivity index (χ3n) is 5.75. The lowest BCUT2D eigenvalue weighted by molar-refractivity contribution is -0.125. The normalized spacial score (nSPS) is 24.5. The summed E-state index contributed by atoms with van der Waals surface area (Å²) in [6.07, 6.45) is 1.95. The van der Waals surface area contributed by atoms with Crippen LogP contribution in [0.2, 0.25) is 10.0 Å². The van der Waals surface area contributed by atoms with Crippen LogP contribution in [-0.2, 0) is 20.6 Å².